The van der Waals surface area contributed by atoms with Crippen LogP contribution < -0.4 is 10.1 Å². The molecular formula is C28H27ClF2N3O6P. The number of ketones is 1. The number of halogens is 3. The molecule has 2 atom stereocenters. The SMILES string of the molecule is CC(=O)c1cn(CC(=O)N2C[C@H](F)C[C@H]2C(=O)NCc2cccc(Cl)c2F)c2cc(OC(=O)CCCP=O)ccc12. The van der Waals surface area contributed by atoms with Crippen LogP contribution in [0.15, 0.2) is 42.6 Å². The van der Waals surface area contributed by atoms with Crippen LogP contribution in [0.2, 0.25) is 5.02 Å². The van der Waals surface area contributed by atoms with E-state index in [4.69, 9.17) is 16.3 Å². The number of rotatable bonds is 11. The van der Waals surface area contributed by atoms with Gasteiger partial charge in [-0.2, -0.15) is 0 Å². The molecule has 1 aliphatic heterocycles. The number of carbonyl (C=O) groups is 4. The first kappa shape index (κ1) is 30.3. The molecule has 9 nitrogen and oxygen atoms in total. The minimum absolute atomic E-state index is 0.0592. The minimum atomic E-state index is -1.43. The van der Waals surface area contributed by atoms with Crippen LogP contribution in [0.3, 0.4) is 0 Å². The first-order chi connectivity index (χ1) is 19.6. The van der Waals surface area contributed by atoms with Crippen molar-refractivity contribution in [2.75, 3.05) is 12.7 Å². The highest BCUT2D eigenvalue weighted by Crippen LogP contribution is 2.28. The lowest BCUT2D eigenvalue weighted by Gasteiger charge is -2.24. The molecule has 1 aliphatic rings. The van der Waals surface area contributed by atoms with Gasteiger partial charge in [-0.05, 0) is 31.5 Å². The molecule has 3 aromatic rings. The van der Waals surface area contributed by atoms with Crippen molar-refractivity contribution < 1.29 is 37.3 Å². The summed E-state index contributed by atoms with van der Waals surface area (Å²) in [7, 11) is -0.0592. The van der Waals surface area contributed by atoms with Crippen molar-refractivity contribution >= 4 is 54.5 Å². The van der Waals surface area contributed by atoms with Crippen LogP contribution in [0, 0.1) is 5.82 Å². The monoisotopic (exact) mass is 605 g/mol. The van der Waals surface area contributed by atoms with Crippen molar-refractivity contribution in [3.63, 3.8) is 0 Å². The zero-order valence-electron chi connectivity index (χ0n) is 22.1. The highest BCUT2D eigenvalue weighted by Gasteiger charge is 2.39. The Kier molecular flexibility index (Phi) is 9.83. The van der Waals surface area contributed by atoms with Gasteiger partial charge in [0.05, 0.1) is 17.1 Å². The van der Waals surface area contributed by atoms with Crippen LogP contribution in [-0.4, -0.2) is 58.0 Å². The second-order valence-electron chi connectivity index (χ2n) is 9.66. The maximum absolute atomic E-state index is 14.4. The second-order valence-corrected chi connectivity index (χ2v) is 10.8. The highest BCUT2D eigenvalue weighted by molar-refractivity contribution is 7.23. The summed E-state index contributed by atoms with van der Waals surface area (Å²) in [5.74, 6) is -2.45. The van der Waals surface area contributed by atoms with Crippen LogP contribution in [0.4, 0.5) is 8.78 Å². The lowest BCUT2D eigenvalue weighted by molar-refractivity contribution is -0.139. The van der Waals surface area contributed by atoms with Crippen molar-refractivity contribution in [1.82, 2.24) is 14.8 Å². The number of carbonyl (C=O) groups excluding carboxylic acids is 4. The van der Waals surface area contributed by atoms with Crippen molar-refractivity contribution in [2.24, 2.45) is 0 Å². The fraction of sp³-hybridized carbons (Fsp3) is 0.357. The summed E-state index contributed by atoms with van der Waals surface area (Å²) in [5, 5.41) is 2.98. The Morgan fingerprint density at radius 1 is 1.20 bits per heavy atom. The molecule has 1 fully saturated rings. The van der Waals surface area contributed by atoms with E-state index in [0.29, 0.717) is 29.0 Å². The standard InChI is InChI=1S/C28H27ClF2N3O6P/c1-16(35)21-14-33(23-11-19(7-8-20(21)23)40-26(37)6-3-9-41-39)15-25(36)34-13-18(30)10-24(34)28(38)32-12-17-4-2-5-22(29)27(17)31/h2,4-5,7-8,11,14,18,24H,3,6,9-10,12-13,15H2,1H3,(H,32,38)/t18-,24+/m1/s1. The third-order valence-corrected chi connectivity index (χ3v) is 7.55. The summed E-state index contributed by atoms with van der Waals surface area (Å²) in [6.07, 6.45) is 0.626. The Labute approximate surface area is 241 Å². The summed E-state index contributed by atoms with van der Waals surface area (Å²) >= 11 is 5.79. The van der Waals surface area contributed by atoms with E-state index in [9.17, 15) is 32.5 Å². The van der Waals surface area contributed by atoms with E-state index in [0.717, 1.165) is 4.90 Å². The van der Waals surface area contributed by atoms with Crippen molar-refractivity contribution in [3.05, 3.63) is 64.6 Å². The predicted molar refractivity (Wildman–Crippen MR) is 148 cm³/mol. The van der Waals surface area contributed by atoms with Gasteiger partial charge in [0, 0.05) is 54.3 Å². The number of aromatic nitrogens is 1. The third-order valence-electron chi connectivity index (χ3n) is 6.76. The molecule has 216 valence electrons. The summed E-state index contributed by atoms with van der Waals surface area (Å²) in [5.41, 5.74) is 0.916. The lowest BCUT2D eigenvalue weighted by Crippen LogP contribution is -2.46. The predicted octanol–water partition coefficient (Wildman–Crippen LogP) is 4.87. The Morgan fingerprint density at radius 2 is 1.98 bits per heavy atom. The number of Topliss-reactive ketones (excluding diaryl/α,β-unsaturated/α-hetero) is 1. The fourth-order valence-corrected chi connectivity index (χ4v) is 5.23. The van der Waals surface area contributed by atoms with Gasteiger partial charge in [0.15, 0.2) is 14.2 Å². The summed E-state index contributed by atoms with van der Waals surface area (Å²) in [4.78, 5) is 51.8. The van der Waals surface area contributed by atoms with E-state index in [-0.39, 0.29) is 63.1 Å². The zero-order chi connectivity index (χ0) is 29.7. The van der Waals surface area contributed by atoms with Crippen LogP contribution in [0.25, 0.3) is 10.9 Å². The molecule has 2 aromatic carbocycles. The molecule has 0 bridgehead atoms. The van der Waals surface area contributed by atoms with Gasteiger partial charge in [0.25, 0.3) is 0 Å². The molecule has 1 aromatic heterocycles. The van der Waals surface area contributed by atoms with E-state index < -0.39 is 35.8 Å². The Balaban J connectivity index is 1.52. The number of likely N-dealkylation sites (tertiary alicyclic amines) is 1. The van der Waals surface area contributed by atoms with Gasteiger partial charge in [0.1, 0.15) is 30.3 Å². The number of benzene rings is 2. The molecule has 2 heterocycles. The van der Waals surface area contributed by atoms with Crippen LogP contribution >= 0.6 is 20.1 Å². The van der Waals surface area contributed by atoms with Crippen LogP contribution in [-0.2, 0) is 32.0 Å². The van der Waals surface area contributed by atoms with E-state index in [1.807, 2.05) is 0 Å². The molecule has 0 unspecified atom stereocenters. The van der Waals surface area contributed by atoms with E-state index in [2.05, 4.69) is 5.32 Å². The quantitative estimate of drug-likeness (QED) is 0.110. The van der Waals surface area contributed by atoms with Crippen molar-refractivity contribution in [2.45, 2.75) is 51.5 Å². The van der Waals surface area contributed by atoms with Gasteiger partial charge < -0.3 is 19.5 Å². The average molecular weight is 606 g/mol. The summed E-state index contributed by atoms with van der Waals surface area (Å²) in [6, 6.07) is 7.90. The number of esters is 1. The molecule has 1 N–H and O–H groups in total. The minimum Gasteiger partial charge on any atom is -0.426 e. The normalized spacial score (nSPS) is 16.7. The topological polar surface area (TPSA) is 115 Å². The van der Waals surface area contributed by atoms with Gasteiger partial charge in [-0.1, -0.05) is 23.7 Å². The second kappa shape index (κ2) is 13.3. The fourth-order valence-electron chi connectivity index (χ4n) is 4.75. The maximum Gasteiger partial charge on any atom is 0.311 e. The number of hydrogen-bond donors (Lipinski definition) is 1. The van der Waals surface area contributed by atoms with Gasteiger partial charge >= 0.3 is 5.97 Å². The smallest absolute Gasteiger partial charge is 0.311 e. The van der Waals surface area contributed by atoms with Gasteiger partial charge in [-0.15, -0.1) is 0 Å². The first-order valence-corrected chi connectivity index (χ1v) is 14.2. The molecular weight excluding hydrogens is 579 g/mol. The molecule has 0 saturated carbocycles. The number of nitrogens with zero attached hydrogens (tertiary/aromatic N) is 2. The van der Waals surface area contributed by atoms with Crippen molar-refractivity contribution in [3.8, 4) is 5.75 Å². The Morgan fingerprint density at radius 3 is 2.71 bits per heavy atom. The number of nitrogens with one attached hydrogen (secondary N) is 1. The number of fused-ring (bicyclic) bond motifs is 1. The molecule has 0 spiro atoms. The number of amides is 2. The third kappa shape index (κ3) is 7.15. The van der Waals surface area contributed by atoms with Crippen LogP contribution in [0.5, 0.6) is 5.75 Å². The first-order valence-electron chi connectivity index (χ1n) is 12.9. The number of ether oxygens (including phenoxy) is 1. The maximum atomic E-state index is 14.4. The van der Waals surface area contributed by atoms with E-state index >= 15 is 0 Å². The van der Waals surface area contributed by atoms with Crippen LogP contribution in [0.1, 0.15) is 42.1 Å². The molecule has 13 heteroatoms. The van der Waals surface area contributed by atoms with Gasteiger partial charge in [-0.25, -0.2) is 8.78 Å². The molecule has 1 saturated heterocycles. The molecule has 0 radical (unpaired) electrons. The Bertz CT molecular complexity index is 1510. The van der Waals surface area contributed by atoms with Gasteiger partial charge in [0.2, 0.25) is 11.8 Å². The van der Waals surface area contributed by atoms with Crippen molar-refractivity contribution in [1.29, 1.82) is 0 Å². The zero-order valence-corrected chi connectivity index (χ0v) is 23.7. The summed E-state index contributed by atoms with van der Waals surface area (Å²) < 4.78 is 46.1. The van der Waals surface area contributed by atoms with Gasteiger partial charge in [-0.3, -0.25) is 23.7 Å². The van der Waals surface area contributed by atoms with E-state index in [1.165, 1.54) is 48.0 Å². The average Bonchev–Trinajstić information content (AvgIpc) is 3.50. The highest BCUT2D eigenvalue weighted by atomic mass is 35.5. The molecule has 4 rings (SSSR count). The lowest BCUT2D eigenvalue weighted by atomic mass is 10.1. The molecule has 0 aliphatic carbocycles. The largest absolute Gasteiger partial charge is 0.426 e. The number of alkyl halides is 1. The molecule has 41 heavy (non-hydrogen) atoms. The van der Waals surface area contributed by atoms with E-state index in [1.54, 1.807) is 6.07 Å². The number of hydrogen-bond acceptors (Lipinski definition) is 6. The summed E-state index contributed by atoms with van der Waals surface area (Å²) in [6.45, 7) is 0.570. The Hall–Kier alpha value is -3.69. The molecule has 2 amide bonds.